The summed E-state index contributed by atoms with van der Waals surface area (Å²) < 4.78 is 1.92. The number of para-hydroxylation sites is 2. The van der Waals surface area contributed by atoms with E-state index in [4.69, 9.17) is 15.0 Å². The molecule has 0 heterocycles. The lowest BCUT2D eigenvalue weighted by Crippen LogP contribution is -2.39. The second-order valence-corrected chi connectivity index (χ2v) is 6.92. The topological polar surface area (TPSA) is 63.2 Å². The first kappa shape index (κ1) is 23.6. The summed E-state index contributed by atoms with van der Waals surface area (Å²) >= 11 is 0. The zero-order chi connectivity index (χ0) is 20.2. The van der Waals surface area contributed by atoms with Crippen LogP contribution in [-0.2, 0) is 0 Å². The smallest absolute Gasteiger partial charge is 0.132 e. The lowest BCUT2D eigenvalue weighted by atomic mass is 10.2. The summed E-state index contributed by atoms with van der Waals surface area (Å²) in [6.45, 7) is 6.66. The number of quaternary nitrogens is 2. The summed E-state index contributed by atoms with van der Waals surface area (Å²) in [7, 11) is 8.87. The Kier molecular flexibility index (Phi) is 10.3. The molecular weight excluding hydrogens is 328 g/mol. The molecule has 144 valence electrons. The highest BCUT2D eigenvalue weighted by Gasteiger charge is 2.14. The van der Waals surface area contributed by atoms with Crippen molar-refractivity contribution < 1.29 is 15.0 Å². The number of hydrogen-bond acceptors (Lipinski definition) is 3. The van der Waals surface area contributed by atoms with Gasteiger partial charge in [-0.15, -0.1) is 0 Å². The quantitative estimate of drug-likeness (QED) is 0.785. The highest BCUT2D eigenvalue weighted by atomic mass is 16.6. The van der Waals surface area contributed by atoms with Gasteiger partial charge in [0.25, 0.3) is 0 Å². The van der Waals surface area contributed by atoms with Crippen molar-refractivity contribution in [3.05, 3.63) is 60.7 Å². The molecule has 5 heteroatoms. The molecule has 0 spiro atoms. The Morgan fingerprint density at radius 2 is 0.923 bits per heavy atom. The van der Waals surface area contributed by atoms with E-state index in [0.29, 0.717) is 0 Å². The van der Waals surface area contributed by atoms with E-state index in [-0.39, 0.29) is 0 Å². The lowest BCUT2D eigenvalue weighted by Gasteiger charge is -2.27. The standard InChI is InChI=1S/2C10H16N.CH2O3/c2*1-4-11(2,3)10-8-6-5-7-9-10;2-1(3)4/h2*5-9H,4H2,1-3H3;(H2,2,3,4)/q2*+1;/p-2. The second-order valence-electron chi connectivity index (χ2n) is 6.92. The summed E-state index contributed by atoms with van der Waals surface area (Å²) in [4.78, 5) is 8.33. The highest BCUT2D eigenvalue weighted by Crippen LogP contribution is 2.17. The van der Waals surface area contributed by atoms with Gasteiger partial charge in [-0.25, -0.2) is 0 Å². The fourth-order valence-electron chi connectivity index (χ4n) is 2.03. The maximum atomic E-state index is 8.33. The number of carbonyl (C=O) groups excluding carboxylic acids is 1. The predicted octanol–water partition coefficient (Wildman–Crippen LogP) is 2.10. The van der Waals surface area contributed by atoms with Gasteiger partial charge in [0.05, 0.1) is 41.3 Å². The number of carbonyl (C=O) groups is 1. The molecule has 0 aromatic heterocycles. The Hall–Kier alpha value is -2.37. The average Bonchev–Trinajstić information content (AvgIpc) is 2.63. The predicted molar refractivity (Wildman–Crippen MR) is 107 cm³/mol. The monoisotopic (exact) mass is 360 g/mol. The molecule has 26 heavy (non-hydrogen) atoms. The first-order valence-corrected chi connectivity index (χ1v) is 8.72. The van der Waals surface area contributed by atoms with Crippen molar-refractivity contribution in [2.24, 2.45) is 0 Å². The van der Waals surface area contributed by atoms with Crippen molar-refractivity contribution in [3.63, 3.8) is 0 Å². The third kappa shape index (κ3) is 9.20. The fourth-order valence-corrected chi connectivity index (χ4v) is 2.03. The number of nitrogens with zero attached hydrogens (tertiary/aromatic N) is 2. The fraction of sp³-hybridized carbons (Fsp3) is 0.381. The minimum Gasteiger partial charge on any atom is -0.652 e. The Balaban J connectivity index is 0.000000401. The van der Waals surface area contributed by atoms with E-state index in [2.05, 4.69) is 103 Å². The van der Waals surface area contributed by atoms with Gasteiger partial charge in [0.15, 0.2) is 0 Å². The van der Waals surface area contributed by atoms with Crippen LogP contribution in [0.15, 0.2) is 60.7 Å². The van der Waals surface area contributed by atoms with Gasteiger partial charge < -0.3 is 15.0 Å². The summed E-state index contributed by atoms with van der Waals surface area (Å²) in [6.07, 6.45) is -2.33. The van der Waals surface area contributed by atoms with Crippen LogP contribution in [0.4, 0.5) is 16.2 Å². The van der Waals surface area contributed by atoms with Crippen LogP contribution in [0.5, 0.6) is 0 Å². The number of benzene rings is 2. The van der Waals surface area contributed by atoms with Crippen LogP contribution in [0, 0.1) is 0 Å². The molecule has 0 unspecified atom stereocenters. The Bertz CT molecular complexity index is 571. The van der Waals surface area contributed by atoms with Crippen LogP contribution in [0.1, 0.15) is 13.8 Å². The van der Waals surface area contributed by atoms with E-state index in [1.165, 1.54) is 11.4 Å². The molecular formula is C21H32N2O3. The molecule has 0 atom stereocenters. The number of hydrogen-bond donors (Lipinski definition) is 0. The van der Waals surface area contributed by atoms with Gasteiger partial charge in [-0.3, -0.25) is 8.97 Å². The molecule has 2 aromatic carbocycles. The van der Waals surface area contributed by atoms with E-state index in [1.807, 2.05) is 0 Å². The molecule has 5 nitrogen and oxygen atoms in total. The van der Waals surface area contributed by atoms with Gasteiger partial charge in [-0.1, -0.05) is 36.4 Å². The third-order valence-corrected chi connectivity index (χ3v) is 4.49. The molecule has 0 fully saturated rings. The van der Waals surface area contributed by atoms with Crippen molar-refractivity contribution in [3.8, 4) is 0 Å². The highest BCUT2D eigenvalue weighted by molar-refractivity contribution is 5.47. The van der Waals surface area contributed by atoms with Gasteiger partial charge in [0, 0.05) is 0 Å². The van der Waals surface area contributed by atoms with E-state index in [1.54, 1.807) is 0 Å². The molecule has 0 saturated carbocycles. The van der Waals surface area contributed by atoms with Gasteiger partial charge in [-0.2, -0.15) is 0 Å². The van der Waals surface area contributed by atoms with Crippen molar-refractivity contribution in [1.82, 2.24) is 8.97 Å². The molecule has 2 aromatic rings. The Labute approximate surface area is 157 Å². The number of rotatable bonds is 4. The van der Waals surface area contributed by atoms with Crippen LogP contribution >= 0.6 is 0 Å². The zero-order valence-corrected chi connectivity index (χ0v) is 16.8. The van der Waals surface area contributed by atoms with Crippen molar-refractivity contribution in [1.29, 1.82) is 0 Å². The SMILES string of the molecule is CC[N+](C)(C)c1ccccc1.CC[N+](C)(C)c1ccccc1.O=C([O-])[O-]. The van der Waals surface area contributed by atoms with E-state index in [9.17, 15) is 0 Å². The normalized spacial score (nSPS) is 10.7. The molecule has 0 saturated heterocycles. The molecule has 0 aliphatic rings. The maximum Gasteiger partial charge on any atom is 0.132 e. The summed E-state index contributed by atoms with van der Waals surface area (Å²) in [5.41, 5.74) is 2.74. The third-order valence-electron chi connectivity index (χ3n) is 4.49. The largest absolute Gasteiger partial charge is 0.652 e. The summed E-state index contributed by atoms with van der Waals surface area (Å²) in [5.74, 6) is 0. The molecule has 0 amide bonds. The van der Waals surface area contributed by atoms with Crippen LogP contribution in [0.25, 0.3) is 0 Å². The molecule has 0 aliphatic heterocycles. The average molecular weight is 360 g/mol. The minimum atomic E-state index is -2.33. The molecule has 0 N–H and O–H groups in total. The van der Waals surface area contributed by atoms with Crippen LogP contribution in [0.2, 0.25) is 0 Å². The van der Waals surface area contributed by atoms with Crippen LogP contribution in [0.3, 0.4) is 0 Å². The molecule has 2 rings (SSSR count). The van der Waals surface area contributed by atoms with Crippen molar-refractivity contribution in [2.45, 2.75) is 13.8 Å². The molecule has 0 radical (unpaired) electrons. The summed E-state index contributed by atoms with van der Waals surface area (Å²) in [6, 6.07) is 21.1. The maximum absolute atomic E-state index is 8.33. The van der Waals surface area contributed by atoms with E-state index in [0.717, 1.165) is 22.1 Å². The Morgan fingerprint density at radius 1 is 0.692 bits per heavy atom. The molecule has 0 aliphatic carbocycles. The van der Waals surface area contributed by atoms with Crippen molar-refractivity contribution >= 4 is 17.5 Å². The van der Waals surface area contributed by atoms with E-state index < -0.39 is 6.16 Å². The van der Waals surface area contributed by atoms with Crippen LogP contribution < -0.4 is 19.2 Å². The van der Waals surface area contributed by atoms with Crippen molar-refractivity contribution in [2.75, 3.05) is 41.3 Å². The van der Waals surface area contributed by atoms with Crippen LogP contribution in [-0.4, -0.2) is 47.4 Å². The Morgan fingerprint density at radius 3 is 1.12 bits per heavy atom. The molecule has 0 bridgehead atoms. The van der Waals surface area contributed by atoms with Gasteiger partial charge >= 0.3 is 0 Å². The minimum absolute atomic E-state index is 0.959. The van der Waals surface area contributed by atoms with Gasteiger partial charge in [0.2, 0.25) is 0 Å². The van der Waals surface area contributed by atoms with E-state index >= 15 is 0 Å². The van der Waals surface area contributed by atoms with Gasteiger partial charge in [-0.05, 0) is 44.3 Å². The zero-order valence-electron chi connectivity index (χ0n) is 16.8. The van der Waals surface area contributed by atoms with Gasteiger partial charge in [0.1, 0.15) is 11.4 Å². The lowest BCUT2D eigenvalue weighted by molar-refractivity contribution is -0.415. The number of carboxylic acid groups (broad SMARTS) is 2. The summed E-state index contributed by atoms with van der Waals surface area (Å²) in [5, 5.41) is 16.7. The first-order valence-electron chi connectivity index (χ1n) is 8.72. The second kappa shape index (κ2) is 11.3. The first-order chi connectivity index (χ1) is 12.1.